The van der Waals surface area contributed by atoms with E-state index in [2.05, 4.69) is 44.8 Å². The van der Waals surface area contributed by atoms with E-state index in [-0.39, 0.29) is 0 Å². The maximum Gasteiger partial charge on any atom is 0.113 e. The number of hydrogen-bond acceptors (Lipinski definition) is 1. The third kappa shape index (κ3) is 1.59. The maximum absolute atomic E-state index is 4.74. The molecule has 2 aromatic rings. The maximum atomic E-state index is 4.74. The van der Waals surface area contributed by atoms with Crippen molar-refractivity contribution in [3.05, 3.63) is 40.8 Å². The molecule has 1 aromatic carbocycles. The van der Waals surface area contributed by atoms with Crippen molar-refractivity contribution < 1.29 is 0 Å². The molecule has 3 rings (SSSR count). The van der Waals surface area contributed by atoms with Crippen molar-refractivity contribution >= 4 is 15.9 Å². The van der Waals surface area contributed by atoms with Crippen molar-refractivity contribution in [1.29, 1.82) is 0 Å². The summed E-state index contributed by atoms with van der Waals surface area (Å²) >= 11 is 3.67. The molecule has 0 unspecified atom stereocenters. The minimum Gasteiger partial charge on any atom is -0.322 e. The van der Waals surface area contributed by atoms with E-state index in [1.54, 1.807) is 0 Å². The second-order valence-corrected chi connectivity index (χ2v) is 4.89. The highest BCUT2D eigenvalue weighted by Crippen LogP contribution is 2.31. The van der Waals surface area contributed by atoms with Crippen LogP contribution in [0.1, 0.15) is 18.7 Å². The van der Waals surface area contributed by atoms with E-state index in [0.717, 1.165) is 23.3 Å². The number of rotatable bonds is 1. The Kier molecular flexibility index (Phi) is 2.56. The first-order chi connectivity index (χ1) is 7.86. The van der Waals surface area contributed by atoms with Gasteiger partial charge >= 0.3 is 0 Å². The zero-order valence-electron chi connectivity index (χ0n) is 8.99. The van der Waals surface area contributed by atoms with Gasteiger partial charge in [0.05, 0.1) is 0 Å². The fourth-order valence-corrected chi connectivity index (χ4v) is 2.93. The summed E-state index contributed by atoms with van der Waals surface area (Å²) in [7, 11) is 0. The van der Waals surface area contributed by atoms with Crippen LogP contribution in [0.4, 0.5) is 0 Å². The highest BCUT2D eigenvalue weighted by atomic mass is 79.9. The van der Waals surface area contributed by atoms with Crippen LogP contribution in [-0.2, 0) is 13.0 Å². The largest absolute Gasteiger partial charge is 0.322 e. The van der Waals surface area contributed by atoms with Crippen molar-refractivity contribution in [1.82, 2.24) is 9.55 Å². The Morgan fingerprint density at radius 1 is 1.12 bits per heavy atom. The van der Waals surface area contributed by atoms with Crippen LogP contribution in [0.3, 0.4) is 0 Å². The minimum atomic E-state index is 1.08. The molecule has 3 heteroatoms. The molecule has 2 heterocycles. The fraction of sp³-hybridized carbons (Fsp3) is 0.308. The second kappa shape index (κ2) is 4.06. The molecule has 0 saturated heterocycles. The van der Waals surface area contributed by atoms with Gasteiger partial charge < -0.3 is 4.57 Å². The third-order valence-corrected chi connectivity index (χ3v) is 3.87. The molecule has 0 N–H and O–H groups in total. The van der Waals surface area contributed by atoms with Crippen LogP contribution in [-0.4, -0.2) is 9.55 Å². The van der Waals surface area contributed by atoms with Gasteiger partial charge in [0, 0.05) is 18.5 Å². The summed E-state index contributed by atoms with van der Waals surface area (Å²) < 4.78 is 3.43. The number of hydrogen-bond donors (Lipinski definition) is 0. The first-order valence-corrected chi connectivity index (χ1v) is 6.46. The Labute approximate surface area is 103 Å². The van der Waals surface area contributed by atoms with Gasteiger partial charge in [-0.3, -0.25) is 0 Å². The molecule has 0 aliphatic carbocycles. The van der Waals surface area contributed by atoms with Crippen LogP contribution in [0, 0.1) is 0 Å². The number of halogens is 1. The topological polar surface area (TPSA) is 17.8 Å². The molecule has 2 nitrogen and oxygen atoms in total. The summed E-state index contributed by atoms with van der Waals surface area (Å²) in [4.78, 5) is 4.74. The van der Waals surface area contributed by atoms with E-state index in [0.29, 0.717) is 0 Å². The quantitative estimate of drug-likeness (QED) is 0.778. The molecule has 0 fully saturated rings. The molecule has 0 spiro atoms. The van der Waals surface area contributed by atoms with Crippen molar-refractivity contribution in [2.24, 2.45) is 0 Å². The summed E-state index contributed by atoms with van der Waals surface area (Å²) in [5.74, 6) is 1.22. The van der Waals surface area contributed by atoms with Crippen molar-refractivity contribution in [3.8, 4) is 11.3 Å². The predicted octanol–water partition coefficient (Wildman–Crippen LogP) is 3.65. The molecular weight excluding hydrogens is 264 g/mol. The van der Waals surface area contributed by atoms with E-state index >= 15 is 0 Å². The first-order valence-electron chi connectivity index (χ1n) is 5.66. The normalized spacial score (nSPS) is 14.8. The fourth-order valence-electron chi connectivity index (χ4n) is 2.23. The second-order valence-electron chi connectivity index (χ2n) is 4.14. The molecule has 0 bridgehead atoms. The SMILES string of the molecule is Brc1c(-c2ccccc2)nc2n1CCCC2. The number of benzene rings is 1. The highest BCUT2D eigenvalue weighted by Gasteiger charge is 2.18. The molecule has 1 aromatic heterocycles. The Hall–Kier alpha value is -1.09. The molecule has 82 valence electrons. The number of nitrogens with zero attached hydrogens (tertiary/aromatic N) is 2. The number of aromatic nitrogens is 2. The molecular formula is C13H13BrN2. The van der Waals surface area contributed by atoms with Gasteiger partial charge in [-0.05, 0) is 28.8 Å². The van der Waals surface area contributed by atoms with E-state index in [1.165, 1.54) is 24.2 Å². The van der Waals surface area contributed by atoms with Crippen LogP contribution in [0.15, 0.2) is 34.9 Å². The van der Waals surface area contributed by atoms with Gasteiger partial charge in [0.25, 0.3) is 0 Å². The van der Waals surface area contributed by atoms with Gasteiger partial charge in [0.1, 0.15) is 16.1 Å². The molecule has 1 aliphatic rings. The van der Waals surface area contributed by atoms with Gasteiger partial charge in [0.2, 0.25) is 0 Å². The lowest BCUT2D eigenvalue weighted by Crippen LogP contribution is -2.10. The third-order valence-electron chi connectivity index (χ3n) is 3.06. The van der Waals surface area contributed by atoms with Crippen LogP contribution in [0.2, 0.25) is 0 Å². The lowest BCUT2D eigenvalue weighted by molar-refractivity contribution is 0.516. The minimum absolute atomic E-state index is 1.08. The van der Waals surface area contributed by atoms with E-state index in [4.69, 9.17) is 4.98 Å². The van der Waals surface area contributed by atoms with Crippen molar-refractivity contribution in [2.75, 3.05) is 0 Å². The molecule has 0 amide bonds. The lowest BCUT2D eigenvalue weighted by atomic mass is 10.2. The summed E-state index contributed by atoms with van der Waals surface area (Å²) in [6.07, 6.45) is 3.62. The van der Waals surface area contributed by atoms with E-state index in [1.807, 2.05) is 6.07 Å². The Morgan fingerprint density at radius 3 is 2.69 bits per heavy atom. The summed E-state index contributed by atoms with van der Waals surface area (Å²) in [6, 6.07) is 10.4. The lowest BCUT2D eigenvalue weighted by Gasteiger charge is -2.13. The van der Waals surface area contributed by atoms with E-state index < -0.39 is 0 Å². The molecule has 1 aliphatic heterocycles. The van der Waals surface area contributed by atoms with Crippen LogP contribution < -0.4 is 0 Å². The predicted molar refractivity (Wildman–Crippen MR) is 68.3 cm³/mol. The zero-order valence-corrected chi connectivity index (χ0v) is 10.6. The summed E-state index contributed by atoms with van der Waals surface area (Å²) in [5, 5.41) is 0. The Bertz CT molecular complexity index is 502. The van der Waals surface area contributed by atoms with Gasteiger partial charge in [0.15, 0.2) is 0 Å². The number of fused-ring (bicyclic) bond motifs is 1. The van der Waals surface area contributed by atoms with Gasteiger partial charge in [-0.1, -0.05) is 30.3 Å². The Balaban J connectivity index is 2.12. The first kappa shape index (κ1) is 10.1. The van der Waals surface area contributed by atoms with Crippen LogP contribution >= 0.6 is 15.9 Å². The monoisotopic (exact) mass is 276 g/mol. The average molecular weight is 277 g/mol. The molecule has 0 radical (unpaired) electrons. The average Bonchev–Trinajstić information content (AvgIpc) is 2.69. The van der Waals surface area contributed by atoms with Gasteiger partial charge in [-0.2, -0.15) is 0 Å². The number of imidazole rings is 1. The smallest absolute Gasteiger partial charge is 0.113 e. The molecule has 0 atom stereocenters. The number of aryl methyl sites for hydroxylation is 1. The standard InChI is InChI=1S/C13H13BrN2/c14-13-12(10-6-2-1-3-7-10)15-11-8-4-5-9-16(11)13/h1-3,6-7H,4-5,8-9H2. The summed E-state index contributed by atoms with van der Waals surface area (Å²) in [5.41, 5.74) is 2.27. The highest BCUT2D eigenvalue weighted by molar-refractivity contribution is 9.10. The van der Waals surface area contributed by atoms with Crippen molar-refractivity contribution in [2.45, 2.75) is 25.8 Å². The zero-order chi connectivity index (χ0) is 11.0. The van der Waals surface area contributed by atoms with Gasteiger partial charge in [-0.15, -0.1) is 0 Å². The summed E-state index contributed by atoms with van der Waals surface area (Å²) in [6.45, 7) is 1.09. The van der Waals surface area contributed by atoms with Gasteiger partial charge in [-0.25, -0.2) is 4.98 Å². The van der Waals surface area contributed by atoms with Crippen LogP contribution in [0.25, 0.3) is 11.3 Å². The van der Waals surface area contributed by atoms with Crippen molar-refractivity contribution in [3.63, 3.8) is 0 Å². The Morgan fingerprint density at radius 2 is 1.94 bits per heavy atom. The van der Waals surface area contributed by atoms with E-state index in [9.17, 15) is 0 Å². The molecule has 16 heavy (non-hydrogen) atoms. The molecule has 0 saturated carbocycles. The van der Waals surface area contributed by atoms with Crippen LogP contribution in [0.5, 0.6) is 0 Å².